The van der Waals surface area contributed by atoms with Crippen molar-refractivity contribution >= 4 is 17.3 Å². The summed E-state index contributed by atoms with van der Waals surface area (Å²) in [6.07, 6.45) is 0. The van der Waals surface area contributed by atoms with Crippen LogP contribution in [0.3, 0.4) is 0 Å². The van der Waals surface area contributed by atoms with E-state index < -0.39 is 17.6 Å². The Morgan fingerprint density at radius 1 is 1.14 bits per heavy atom. The van der Waals surface area contributed by atoms with Crippen LogP contribution >= 0.6 is 0 Å². The zero-order valence-electron chi connectivity index (χ0n) is 11.1. The number of benzene rings is 2. The standard InChI is InChI=1S/C15H14F2N2O2/c16-11-6-5-10(7-12(11)17)8-19(9-15(20)21)14-4-2-1-3-13(14)18/h1-7H,8-9,18H2,(H,20,21). The van der Waals surface area contributed by atoms with Gasteiger partial charge >= 0.3 is 5.97 Å². The average Bonchev–Trinajstić information content (AvgIpc) is 2.42. The van der Waals surface area contributed by atoms with Crippen LogP contribution in [-0.2, 0) is 11.3 Å². The van der Waals surface area contributed by atoms with E-state index in [4.69, 9.17) is 10.8 Å². The molecule has 0 unspecified atom stereocenters. The molecular weight excluding hydrogens is 278 g/mol. The van der Waals surface area contributed by atoms with Gasteiger partial charge in [0.1, 0.15) is 6.54 Å². The second-order valence-corrected chi connectivity index (χ2v) is 4.56. The van der Waals surface area contributed by atoms with Gasteiger partial charge in [0, 0.05) is 6.54 Å². The maximum atomic E-state index is 13.2. The number of aliphatic carboxylic acids is 1. The summed E-state index contributed by atoms with van der Waals surface area (Å²) in [4.78, 5) is 12.5. The fourth-order valence-corrected chi connectivity index (χ4v) is 2.02. The number of anilines is 2. The van der Waals surface area contributed by atoms with Crippen molar-refractivity contribution in [2.45, 2.75) is 6.54 Å². The van der Waals surface area contributed by atoms with E-state index in [-0.39, 0.29) is 13.1 Å². The van der Waals surface area contributed by atoms with E-state index in [0.29, 0.717) is 16.9 Å². The van der Waals surface area contributed by atoms with Crippen molar-refractivity contribution in [2.75, 3.05) is 17.2 Å². The van der Waals surface area contributed by atoms with Gasteiger partial charge in [0.25, 0.3) is 0 Å². The minimum atomic E-state index is -1.04. The molecule has 21 heavy (non-hydrogen) atoms. The number of hydrogen-bond donors (Lipinski definition) is 2. The molecule has 0 spiro atoms. The normalized spacial score (nSPS) is 10.4. The number of nitrogens with two attached hydrogens (primary N) is 1. The molecule has 0 saturated carbocycles. The van der Waals surface area contributed by atoms with Crippen LogP contribution in [0, 0.1) is 11.6 Å². The molecule has 0 bridgehead atoms. The third kappa shape index (κ3) is 3.68. The van der Waals surface area contributed by atoms with Gasteiger partial charge in [0.05, 0.1) is 11.4 Å². The van der Waals surface area contributed by atoms with Crippen LogP contribution in [0.15, 0.2) is 42.5 Å². The number of nitrogens with zero attached hydrogens (tertiary/aromatic N) is 1. The van der Waals surface area contributed by atoms with Crippen LogP contribution in [-0.4, -0.2) is 17.6 Å². The van der Waals surface area contributed by atoms with Crippen LogP contribution < -0.4 is 10.6 Å². The van der Waals surface area contributed by atoms with E-state index in [1.54, 1.807) is 24.3 Å². The fraction of sp³-hybridized carbons (Fsp3) is 0.133. The van der Waals surface area contributed by atoms with Crippen molar-refractivity contribution < 1.29 is 18.7 Å². The summed E-state index contributed by atoms with van der Waals surface area (Å²) >= 11 is 0. The Morgan fingerprint density at radius 3 is 2.48 bits per heavy atom. The van der Waals surface area contributed by atoms with Crippen LogP contribution in [0.1, 0.15) is 5.56 Å². The van der Waals surface area contributed by atoms with Crippen molar-refractivity contribution in [3.63, 3.8) is 0 Å². The number of carbonyl (C=O) groups is 1. The lowest BCUT2D eigenvalue weighted by atomic mass is 10.1. The number of hydrogen-bond acceptors (Lipinski definition) is 3. The van der Waals surface area contributed by atoms with Crippen LogP contribution in [0.2, 0.25) is 0 Å². The van der Waals surface area contributed by atoms with Crippen LogP contribution in [0.4, 0.5) is 20.2 Å². The zero-order valence-corrected chi connectivity index (χ0v) is 11.1. The van der Waals surface area contributed by atoms with Gasteiger partial charge in [-0.05, 0) is 29.8 Å². The van der Waals surface area contributed by atoms with E-state index in [2.05, 4.69) is 0 Å². The van der Waals surface area contributed by atoms with Gasteiger partial charge < -0.3 is 15.7 Å². The summed E-state index contributed by atoms with van der Waals surface area (Å²) in [5.41, 5.74) is 7.24. The van der Waals surface area contributed by atoms with Gasteiger partial charge in [0.15, 0.2) is 11.6 Å². The van der Waals surface area contributed by atoms with E-state index in [1.165, 1.54) is 11.0 Å². The molecule has 2 aromatic carbocycles. The summed E-state index contributed by atoms with van der Waals surface area (Å²) in [5.74, 6) is -2.95. The molecule has 0 fully saturated rings. The molecule has 4 nitrogen and oxygen atoms in total. The number of para-hydroxylation sites is 2. The quantitative estimate of drug-likeness (QED) is 0.831. The first kappa shape index (κ1) is 14.8. The van der Waals surface area contributed by atoms with E-state index >= 15 is 0 Å². The number of carboxylic acid groups (broad SMARTS) is 1. The number of carboxylic acids is 1. The van der Waals surface area contributed by atoms with Crippen molar-refractivity contribution in [2.24, 2.45) is 0 Å². The molecule has 0 aromatic heterocycles. The van der Waals surface area contributed by atoms with E-state index in [9.17, 15) is 13.6 Å². The summed E-state index contributed by atoms with van der Waals surface area (Å²) in [6, 6.07) is 10.3. The largest absolute Gasteiger partial charge is 0.480 e. The second-order valence-electron chi connectivity index (χ2n) is 4.56. The maximum Gasteiger partial charge on any atom is 0.323 e. The highest BCUT2D eigenvalue weighted by Crippen LogP contribution is 2.24. The molecule has 6 heteroatoms. The Labute approximate surface area is 120 Å². The Bertz CT molecular complexity index is 662. The number of rotatable bonds is 5. The Kier molecular flexibility index (Phi) is 4.37. The summed E-state index contributed by atoms with van der Waals surface area (Å²) in [7, 11) is 0. The molecule has 3 N–H and O–H groups in total. The van der Waals surface area contributed by atoms with Gasteiger partial charge in [-0.15, -0.1) is 0 Å². The first-order valence-corrected chi connectivity index (χ1v) is 6.22. The second kappa shape index (κ2) is 6.21. The lowest BCUT2D eigenvalue weighted by Crippen LogP contribution is -2.29. The predicted octanol–water partition coefficient (Wildman–Crippen LogP) is 2.64. The van der Waals surface area contributed by atoms with Gasteiger partial charge in [0.2, 0.25) is 0 Å². The predicted molar refractivity (Wildman–Crippen MR) is 75.9 cm³/mol. The molecule has 0 aliphatic carbocycles. The maximum absolute atomic E-state index is 13.2. The topological polar surface area (TPSA) is 66.6 Å². The lowest BCUT2D eigenvalue weighted by molar-refractivity contribution is -0.135. The molecule has 110 valence electrons. The monoisotopic (exact) mass is 292 g/mol. The molecular formula is C15H14F2N2O2. The minimum absolute atomic E-state index is 0.109. The average molecular weight is 292 g/mol. The van der Waals surface area contributed by atoms with E-state index in [0.717, 1.165) is 12.1 Å². The highest BCUT2D eigenvalue weighted by molar-refractivity contribution is 5.77. The minimum Gasteiger partial charge on any atom is -0.480 e. The van der Waals surface area contributed by atoms with Crippen molar-refractivity contribution in [1.82, 2.24) is 0 Å². The van der Waals surface area contributed by atoms with Crippen molar-refractivity contribution in [3.05, 3.63) is 59.7 Å². The lowest BCUT2D eigenvalue weighted by Gasteiger charge is -2.24. The van der Waals surface area contributed by atoms with Gasteiger partial charge in [-0.1, -0.05) is 18.2 Å². The SMILES string of the molecule is Nc1ccccc1N(CC(=O)O)Cc1ccc(F)c(F)c1. The smallest absolute Gasteiger partial charge is 0.323 e. The van der Waals surface area contributed by atoms with Gasteiger partial charge in [-0.3, -0.25) is 4.79 Å². The van der Waals surface area contributed by atoms with Crippen LogP contribution in [0.5, 0.6) is 0 Å². The zero-order chi connectivity index (χ0) is 15.4. The molecule has 0 aliphatic rings. The first-order valence-electron chi connectivity index (χ1n) is 6.22. The summed E-state index contributed by atoms with van der Waals surface area (Å²) < 4.78 is 26.2. The number of nitrogen functional groups attached to an aromatic ring is 1. The highest BCUT2D eigenvalue weighted by Gasteiger charge is 2.14. The Morgan fingerprint density at radius 2 is 1.86 bits per heavy atom. The molecule has 0 aliphatic heterocycles. The van der Waals surface area contributed by atoms with E-state index in [1.807, 2.05) is 0 Å². The fourth-order valence-electron chi connectivity index (χ4n) is 2.02. The molecule has 0 atom stereocenters. The molecule has 2 rings (SSSR count). The Balaban J connectivity index is 2.30. The van der Waals surface area contributed by atoms with Crippen LogP contribution in [0.25, 0.3) is 0 Å². The summed E-state index contributed by atoms with van der Waals surface area (Å²) in [6.45, 7) is -0.190. The molecule has 0 radical (unpaired) electrons. The molecule has 2 aromatic rings. The van der Waals surface area contributed by atoms with Gasteiger partial charge in [-0.2, -0.15) is 0 Å². The molecule has 0 heterocycles. The molecule has 0 amide bonds. The van der Waals surface area contributed by atoms with Gasteiger partial charge in [-0.25, -0.2) is 8.78 Å². The highest BCUT2D eigenvalue weighted by atomic mass is 19.2. The van der Waals surface area contributed by atoms with Crippen molar-refractivity contribution in [1.29, 1.82) is 0 Å². The first-order chi connectivity index (χ1) is 9.97. The Hall–Kier alpha value is -2.63. The third-order valence-electron chi connectivity index (χ3n) is 2.96. The van der Waals surface area contributed by atoms with Crippen molar-refractivity contribution in [3.8, 4) is 0 Å². The molecule has 0 saturated heterocycles. The summed E-state index contributed by atoms with van der Waals surface area (Å²) in [5, 5.41) is 9.00. The number of halogens is 2. The third-order valence-corrected chi connectivity index (χ3v) is 2.96.